The van der Waals surface area contributed by atoms with Gasteiger partial charge in [-0.2, -0.15) is 5.26 Å². The minimum absolute atomic E-state index is 0.124. The van der Waals surface area contributed by atoms with Crippen LogP contribution in [0.4, 0.5) is 0 Å². The minimum Gasteiger partial charge on any atom is -0.495 e. The zero-order chi connectivity index (χ0) is 13.8. The van der Waals surface area contributed by atoms with Crippen LogP contribution in [0, 0.1) is 11.3 Å². The number of rotatable bonds is 5. The number of carbonyl (C=O) groups is 1. The molecule has 1 heterocycles. The van der Waals surface area contributed by atoms with Gasteiger partial charge < -0.3 is 14.8 Å². The first kappa shape index (κ1) is 15.0. The summed E-state index contributed by atoms with van der Waals surface area (Å²) in [7, 11) is 3.01. The number of thiophene rings is 1. The van der Waals surface area contributed by atoms with Gasteiger partial charge in [-0.05, 0) is 22.9 Å². The van der Waals surface area contributed by atoms with Crippen LogP contribution in [-0.4, -0.2) is 32.3 Å². The van der Waals surface area contributed by atoms with Crippen LogP contribution in [0.1, 0.15) is 16.6 Å². The van der Waals surface area contributed by atoms with Gasteiger partial charge in [0, 0.05) is 13.2 Å². The van der Waals surface area contributed by atoms with Gasteiger partial charge in [0.1, 0.15) is 15.1 Å². The quantitative estimate of drug-likeness (QED) is 0.896. The SMILES string of the molecule is COCC(C)(C#N)NC(=O)c1cc(OC)c(Br)s1. The lowest BCUT2D eigenvalue weighted by Crippen LogP contribution is -2.48. The summed E-state index contributed by atoms with van der Waals surface area (Å²) in [4.78, 5) is 12.5. The van der Waals surface area contributed by atoms with Gasteiger partial charge in [-0.15, -0.1) is 11.3 Å². The summed E-state index contributed by atoms with van der Waals surface area (Å²) >= 11 is 4.54. The number of nitrogens with zero attached hydrogens (tertiary/aromatic N) is 1. The molecule has 5 nitrogen and oxygen atoms in total. The molecule has 0 aliphatic heterocycles. The van der Waals surface area contributed by atoms with Crippen molar-refractivity contribution in [1.82, 2.24) is 5.32 Å². The van der Waals surface area contributed by atoms with Gasteiger partial charge in [0.2, 0.25) is 0 Å². The lowest BCUT2D eigenvalue weighted by atomic mass is 10.1. The molecule has 1 unspecified atom stereocenters. The van der Waals surface area contributed by atoms with E-state index < -0.39 is 5.54 Å². The van der Waals surface area contributed by atoms with Crippen molar-refractivity contribution >= 4 is 33.2 Å². The first-order valence-corrected chi connectivity index (χ1v) is 6.62. The zero-order valence-corrected chi connectivity index (χ0v) is 12.6. The van der Waals surface area contributed by atoms with E-state index in [9.17, 15) is 4.79 Å². The molecule has 0 aliphatic carbocycles. The summed E-state index contributed by atoms with van der Waals surface area (Å²) in [5.41, 5.74) is -1.05. The van der Waals surface area contributed by atoms with Gasteiger partial charge in [-0.25, -0.2) is 0 Å². The molecule has 0 saturated heterocycles. The van der Waals surface area contributed by atoms with E-state index in [1.807, 2.05) is 6.07 Å². The van der Waals surface area contributed by atoms with E-state index in [2.05, 4.69) is 21.2 Å². The molecule has 0 aromatic carbocycles. The average Bonchev–Trinajstić information content (AvgIpc) is 2.71. The Labute approximate surface area is 118 Å². The van der Waals surface area contributed by atoms with Crippen LogP contribution in [0.25, 0.3) is 0 Å². The largest absolute Gasteiger partial charge is 0.495 e. The Hall–Kier alpha value is -1.10. The first-order chi connectivity index (χ1) is 8.45. The predicted octanol–water partition coefficient (Wildman–Crippen LogP) is 2.18. The van der Waals surface area contributed by atoms with Gasteiger partial charge >= 0.3 is 0 Å². The Morgan fingerprint density at radius 1 is 1.67 bits per heavy atom. The highest BCUT2D eigenvalue weighted by molar-refractivity contribution is 9.11. The second kappa shape index (κ2) is 6.18. The third-order valence-corrected chi connectivity index (χ3v) is 3.95. The lowest BCUT2D eigenvalue weighted by Gasteiger charge is -2.21. The molecule has 0 radical (unpaired) electrons. The highest BCUT2D eigenvalue weighted by Crippen LogP contribution is 2.34. The molecule has 1 atom stereocenters. The molecular weight excluding hydrogens is 320 g/mol. The Kier molecular flexibility index (Phi) is 5.14. The number of hydrogen-bond acceptors (Lipinski definition) is 5. The van der Waals surface area contributed by atoms with E-state index >= 15 is 0 Å². The maximum atomic E-state index is 12.0. The van der Waals surface area contributed by atoms with E-state index in [0.29, 0.717) is 10.6 Å². The second-order valence-electron chi connectivity index (χ2n) is 3.78. The fourth-order valence-corrected chi connectivity index (χ4v) is 2.85. The van der Waals surface area contributed by atoms with E-state index in [0.717, 1.165) is 3.79 Å². The van der Waals surface area contributed by atoms with Crippen molar-refractivity contribution in [2.75, 3.05) is 20.8 Å². The first-order valence-electron chi connectivity index (χ1n) is 5.02. The summed E-state index contributed by atoms with van der Waals surface area (Å²) < 4.78 is 10.7. The summed E-state index contributed by atoms with van der Waals surface area (Å²) in [5.74, 6) is 0.264. The number of ether oxygens (including phenoxy) is 2. The van der Waals surface area contributed by atoms with Gasteiger partial charge in [-0.1, -0.05) is 0 Å². The van der Waals surface area contributed by atoms with Gasteiger partial charge in [-0.3, -0.25) is 4.79 Å². The van der Waals surface area contributed by atoms with Gasteiger partial charge in [0.25, 0.3) is 5.91 Å². The van der Waals surface area contributed by atoms with Crippen LogP contribution >= 0.6 is 27.3 Å². The standard InChI is InChI=1S/C11H13BrN2O3S/c1-11(5-13,6-16-2)14-10(15)8-4-7(17-3)9(12)18-8/h4H,6H2,1-3H3,(H,14,15). The van der Waals surface area contributed by atoms with Crippen LogP contribution in [0.3, 0.4) is 0 Å². The molecule has 0 fully saturated rings. The normalized spacial score (nSPS) is 13.5. The van der Waals surface area contributed by atoms with Crippen molar-refractivity contribution in [1.29, 1.82) is 5.26 Å². The molecule has 0 aliphatic rings. The number of hydrogen-bond donors (Lipinski definition) is 1. The molecule has 1 N–H and O–H groups in total. The van der Waals surface area contributed by atoms with E-state index in [-0.39, 0.29) is 12.5 Å². The van der Waals surface area contributed by atoms with E-state index in [1.54, 1.807) is 13.0 Å². The summed E-state index contributed by atoms with van der Waals surface area (Å²) in [6.07, 6.45) is 0. The number of nitrogens with one attached hydrogen (secondary N) is 1. The maximum absolute atomic E-state index is 12.0. The number of methoxy groups -OCH3 is 2. The van der Waals surface area contributed by atoms with Crippen molar-refractivity contribution < 1.29 is 14.3 Å². The van der Waals surface area contributed by atoms with Crippen molar-refractivity contribution in [2.24, 2.45) is 0 Å². The topological polar surface area (TPSA) is 71.3 Å². The summed E-state index contributed by atoms with van der Waals surface area (Å²) in [5, 5.41) is 11.7. The average molecular weight is 333 g/mol. The summed E-state index contributed by atoms with van der Waals surface area (Å²) in [6.45, 7) is 1.73. The van der Waals surface area contributed by atoms with Crippen LogP contribution in [-0.2, 0) is 4.74 Å². The second-order valence-corrected chi connectivity index (χ2v) is 6.15. The highest BCUT2D eigenvalue weighted by Gasteiger charge is 2.27. The molecule has 1 aromatic rings. The fraction of sp³-hybridized carbons (Fsp3) is 0.455. The maximum Gasteiger partial charge on any atom is 0.262 e. The van der Waals surface area contributed by atoms with Crippen molar-refractivity contribution in [3.8, 4) is 11.8 Å². The Balaban J connectivity index is 2.85. The number of nitriles is 1. The molecule has 0 saturated carbocycles. The Morgan fingerprint density at radius 2 is 2.33 bits per heavy atom. The predicted molar refractivity (Wildman–Crippen MR) is 71.9 cm³/mol. The smallest absolute Gasteiger partial charge is 0.262 e. The zero-order valence-electron chi connectivity index (χ0n) is 10.2. The lowest BCUT2D eigenvalue weighted by molar-refractivity contribution is 0.0864. The van der Waals surface area contributed by atoms with Gasteiger partial charge in [0.15, 0.2) is 0 Å². The van der Waals surface area contributed by atoms with E-state index in [1.165, 1.54) is 25.6 Å². The molecule has 18 heavy (non-hydrogen) atoms. The molecule has 1 amide bonds. The van der Waals surface area contributed by atoms with Crippen molar-refractivity contribution in [3.63, 3.8) is 0 Å². The Bertz CT molecular complexity index is 483. The monoisotopic (exact) mass is 332 g/mol. The summed E-state index contributed by atoms with van der Waals surface area (Å²) in [6, 6.07) is 3.64. The van der Waals surface area contributed by atoms with Gasteiger partial charge in [0.05, 0.1) is 24.7 Å². The van der Waals surface area contributed by atoms with Crippen LogP contribution in [0.5, 0.6) is 5.75 Å². The molecule has 1 aromatic heterocycles. The van der Waals surface area contributed by atoms with Crippen molar-refractivity contribution in [2.45, 2.75) is 12.5 Å². The molecule has 98 valence electrons. The third kappa shape index (κ3) is 3.45. The number of halogens is 1. The number of carbonyl (C=O) groups excluding carboxylic acids is 1. The molecule has 7 heteroatoms. The van der Waals surface area contributed by atoms with Crippen LogP contribution in [0.2, 0.25) is 0 Å². The molecular formula is C11H13BrN2O3S. The number of amides is 1. The highest BCUT2D eigenvalue weighted by atomic mass is 79.9. The van der Waals surface area contributed by atoms with E-state index in [4.69, 9.17) is 14.7 Å². The van der Waals surface area contributed by atoms with Crippen LogP contribution in [0.15, 0.2) is 9.85 Å². The Morgan fingerprint density at radius 3 is 2.78 bits per heavy atom. The van der Waals surface area contributed by atoms with Crippen LogP contribution < -0.4 is 10.1 Å². The minimum atomic E-state index is -1.05. The third-order valence-electron chi connectivity index (χ3n) is 2.17. The van der Waals surface area contributed by atoms with Crippen molar-refractivity contribution in [3.05, 3.63) is 14.7 Å². The fourth-order valence-electron chi connectivity index (χ4n) is 1.30. The molecule has 1 rings (SSSR count). The molecule has 0 bridgehead atoms. The molecule has 0 spiro atoms.